The number of benzene rings is 1. The minimum atomic E-state index is -2.08. The molecule has 0 spiro atoms. The Kier molecular flexibility index (Phi) is 3.19. The third kappa shape index (κ3) is 2.09. The summed E-state index contributed by atoms with van der Waals surface area (Å²) in [6.07, 6.45) is 0. The predicted molar refractivity (Wildman–Crippen MR) is 50.6 cm³/mol. The number of halogens is 2. The monoisotopic (exact) mass is 263 g/mol. The van der Waals surface area contributed by atoms with Crippen molar-refractivity contribution < 1.29 is 19.4 Å². The van der Waals surface area contributed by atoms with Gasteiger partial charge < -0.3 is 10.0 Å². The molecule has 0 aliphatic heterocycles. The zero-order chi connectivity index (χ0) is 10.9. The van der Waals surface area contributed by atoms with Gasteiger partial charge in [-0.3, -0.25) is 10.1 Å². The second-order valence-electron chi connectivity index (χ2n) is 2.46. The standard InChI is InChI=1S/C6H4BBrFNO4/c8-5-2-3(10(13)14)1-4(6(5)9)7(11)12/h1-2,11-12H. The Balaban J connectivity index is 3.35. The summed E-state index contributed by atoms with van der Waals surface area (Å²) in [5, 5.41) is 27.8. The first-order chi connectivity index (χ1) is 6.43. The van der Waals surface area contributed by atoms with Crippen LogP contribution in [0.25, 0.3) is 0 Å². The Morgan fingerprint density at radius 3 is 2.50 bits per heavy atom. The normalized spacial score (nSPS) is 10.0. The highest BCUT2D eigenvalue weighted by Crippen LogP contribution is 2.20. The molecule has 0 radical (unpaired) electrons. The van der Waals surface area contributed by atoms with Gasteiger partial charge in [-0.2, -0.15) is 0 Å². The molecule has 0 fully saturated rings. The van der Waals surface area contributed by atoms with Gasteiger partial charge in [0, 0.05) is 17.6 Å². The first-order valence-electron chi connectivity index (χ1n) is 3.43. The SMILES string of the molecule is O=[N+]([O-])c1cc(Br)c(F)c(B(O)O)c1. The molecule has 8 heteroatoms. The molecule has 1 aromatic carbocycles. The number of rotatable bonds is 2. The summed E-state index contributed by atoms with van der Waals surface area (Å²) in [5.74, 6) is -0.925. The van der Waals surface area contributed by atoms with Gasteiger partial charge in [-0.05, 0) is 15.9 Å². The van der Waals surface area contributed by atoms with Crippen LogP contribution in [0.15, 0.2) is 16.6 Å². The number of non-ortho nitro benzene ring substituents is 1. The average Bonchev–Trinajstić information content (AvgIpc) is 2.08. The van der Waals surface area contributed by atoms with Crippen LogP contribution in [0.2, 0.25) is 0 Å². The van der Waals surface area contributed by atoms with E-state index in [0.29, 0.717) is 0 Å². The number of nitro benzene ring substituents is 1. The fourth-order valence-electron chi connectivity index (χ4n) is 0.889. The number of nitro groups is 1. The van der Waals surface area contributed by atoms with Gasteiger partial charge in [-0.1, -0.05) is 0 Å². The van der Waals surface area contributed by atoms with Crippen LogP contribution in [0.5, 0.6) is 0 Å². The summed E-state index contributed by atoms with van der Waals surface area (Å²) in [4.78, 5) is 9.58. The van der Waals surface area contributed by atoms with E-state index in [0.717, 1.165) is 12.1 Å². The van der Waals surface area contributed by atoms with Crippen molar-refractivity contribution in [3.05, 3.63) is 32.5 Å². The molecule has 0 unspecified atom stereocenters. The van der Waals surface area contributed by atoms with Crippen LogP contribution in [0, 0.1) is 15.9 Å². The maximum atomic E-state index is 13.1. The van der Waals surface area contributed by atoms with E-state index in [-0.39, 0.29) is 4.47 Å². The minimum absolute atomic E-state index is 0.185. The van der Waals surface area contributed by atoms with E-state index in [1.54, 1.807) is 0 Å². The Labute approximate surface area is 86.6 Å². The highest BCUT2D eigenvalue weighted by atomic mass is 79.9. The molecule has 0 atom stereocenters. The molecular weight excluding hydrogens is 260 g/mol. The fourth-order valence-corrected chi connectivity index (χ4v) is 1.35. The van der Waals surface area contributed by atoms with Gasteiger partial charge in [0.1, 0.15) is 5.82 Å². The van der Waals surface area contributed by atoms with E-state index in [4.69, 9.17) is 10.0 Å². The molecule has 0 amide bonds. The highest BCUT2D eigenvalue weighted by Gasteiger charge is 2.23. The zero-order valence-electron chi connectivity index (χ0n) is 6.65. The van der Waals surface area contributed by atoms with Crippen LogP contribution in [-0.2, 0) is 0 Å². The van der Waals surface area contributed by atoms with Crippen LogP contribution in [0.1, 0.15) is 0 Å². The van der Waals surface area contributed by atoms with Crippen LogP contribution in [-0.4, -0.2) is 22.1 Å². The van der Waals surface area contributed by atoms with Crippen LogP contribution >= 0.6 is 15.9 Å². The Hall–Kier alpha value is -0.985. The van der Waals surface area contributed by atoms with Gasteiger partial charge in [-0.25, -0.2) is 4.39 Å². The number of nitrogens with zero attached hydrogens (tertiary/aromatic N) is 1. The third-order valence-corrected chi connectivity index (χ3v) is 2.11. The molecule has 0 saturated heterocycles. The summed E-state index contributed by atoms with van der Waals surface area (Å²) in [7, 11) is -2.08. The zero-order valence-corrected chi connectivity index (χ0v) is 8.23. The average molecular weight is 264 g/mol. The van der Waals surface area contributed by atoms with Crippen molar-refractivity contribution in [2.45, 2.75) is 0 Å². The minimum Gasteiger partial charge on any atom is -0.423 e. The van der Waals surface area contributed by atoms with Crippen molar-refractivity contribution in [2.75, 3.05) is 0 Å². The van der Waals surface area contributed by atoms with E-state index in [9.17, 15) is 14.5 Å². The summed E-state index contributed by atoms with van der Waals surface area (Å²) < 4.78 is 12.9. The van der Waals surface area contributed by atoms with Crippen molar-refractivity contribution in [2.24, 2.45) is 0 Å². The quantitative estimate of drug-likeness (QED) is 0.453. The summed E-state index contributed by atoms with van der Waals surface area (Å²) in [5.41, 5.74) is -0.951. The van der Waals surface area contributed by atoms with Gasteiger partial charge in [0.2, 0.25) is 0 Å². The molecule has 0 bridgehead atoms. The topological polar surface area (TPSA) is 83.6 Å². The molecule has 0 aliphatic carbocycles. The summed E-state index contributed by atoms with van der Waals surface area (Å²) >= 11 is 2.73. The molecule has 0 heterocycles. The molecule has 1 aromatic rings. The van der Waals surface area contributed by atoms with E-state index in [1.807, 2.05) is 0 Å². The highest BCUT2D eigenvalue weighted by molar-refractivity contribution is 9.10. The van der Waals surface area contributed by atoms with Gasteiger partial charge in [0.15, 0.2) is 0 Å². The third-order valence-electron chi connectivity index (χ3n) is 1.53. The molecule has 1 rings (SSSR count). The molecule has 0 saturated carbocycles. The molecule has 74 valence electrons. The maximum absolute atomic E-state index is 13.1. The van der Waals surface area contributed by atoms with E-state index < -0.39 is 29.0 Å². The molecule has 2 N–H and O–H groups in total. The van der Waals surface area contributed by atoms with Crippen LogP contribution in [0.3, 0.4) is 0 Å². The van der Waals surface area contributed by atoms with Gasteiger partial charge in [0.25, 0.3) is 5.69 Å². The van der Waals surface area contributed by atoms with E-state index >= 15 is 0 Å². The summed E-state index contributed by atoms with van der Waals surface area (Å²) in [6, 6.07) is 1.71. The Bertz CT molecular complexity index is 386. The lowest BCUT2D eigenvalue weighted by Crippen LogP contribution is -2.33. The molecular formula is C6H4BBrFNO4. The number of hydrogen-bond donors (Lipinski definition) is 2. The lowest BCUT2D eigenvalue weighted by molar-refractivity contribution is -0.384. The van der Waals surface area contributed by atoms with Crippen molar-refractivity contribution >= 4 is 34.2 Å². The van der Waals surface area contributed by atoms with Crippen LogP contribution in [0.4, 0.5) is 10.1 Å². The fraction of sp³-hybridized carbons (Fsp3) is 0. The van der Waals surface area contributed by atoms with E-state index in [1.165, 1.54) is 0 Å². The lowest BCUT2D eigenvalue weighted by Gasteiger charge is -2.03. The second kappa shape index (κ2) is 4.03. The van der Waals surface area contributed by atoms with Gasteiger partial charge >= 0.3 is 7.12 Å². The molecule has 5 nitrogen and oxygen atoms in total. The number of hydrogen-bond acceptors (Lipinski definition) is 4. The first-order valence-corrected chi connectivity index (χ1v) is 4.22. The Morgan fingerprint density at radius 1 is 1.50 bits per heavy atom. The first kappa shape index (κ1) is 11.1. The summed E-state index contributed by atoms with van der Waals surface area (Å²) in [6.45, 7) is 0. The molecule has 0 aromatic heterocycles. The van der Waals surface area contributed by atoms with Crippen molar-refractivity contribution in [1.82, 2.24) is 0 Å². The maximum Gasteiger partial charge on any atom is 0.491 e. The second-order valence-corrected chi connectivity index (χ2v) is 3.32. The van der Waals surface area contributed by atoms with Crippen molar-refractivity contribution in [1.29, 1.82) is 0 Å². The molecule has 14 heavy (non-hydrogen) atoms. The van der Waals surface area contributed by atoms with Gasteiger partial charge in [-0.15, -0.1) is 0 Å². The van der Waals surface area contributed by atoms with Gasteiger partial charge in [0.05, 0.1) is 9.40 Å². The van der Waals surface area contributed by atoms with E-state index in [2.05, 4.69) is 15.9 Å². The Morgan fingerprint density at radius 2 is 2.07 bits per heavy atom. The predicted octanol–water partition coefficient (Wildman–Crippen LogP) is 0.176. The van der Waals surface area contributed by atoms with Crippen molar-refractivity contribution in [3.63, 3.8) is 0 Å². The largest absolute Gasteiger partial charge is 0.491 e. The smallest absolute Gasteiger partial charge is 0.423 e. The van der Waals surface area contributed by atoms with Crippen LogP contribution < -0.4 is 5.46 Å². The van der Waals surface area contributed by atoms with Crippen molar-refractivity contribution in [3.8, 4) is 0 Å². The lowest BCUT2D eigenvalue weighted by atomic mass is 9.79. The molecule has 0 aliphatic rings.